The van der Waals surface area contributed by atoms with Gasteiger partial charge in [-0.1, -0.05) is 24.6 Å². The van der Waals surface area contributed by atoms with Gasteiger partial charge in [-0.15, -0.1) is 11.8 Å². The lowest BCUT2D eigenvalue weighted by molar-refractivity contribution is 0.572. The highest BCUT2D eigenvalue weighted by molar-refractivity contribution is 8.00. The van der Waals surface area contributed by atoms with Crippen molar-refractivity contribution in [3.05, 3.63) is 29.8 Å². The van der Waals surface area contributed by atoms with E-state index < -0.39 is 0 Å². The Bertz CT molecular complexity index is 388. The standard InChI is InChI=1S/C15H21NS2/c1-2-7-15-14(6-1)12(11-18-15)9-16-10-13-5-3-4-8-17-13/h1-2,6-7,12-13,16H,3-5,8-11H2. The zero-order chi connectivity index (χ0) is 12.2. The molecule has 3 rings (SSSR count). The van der Waals surface area contributed by atoms with Crippen molar-refractivity contribution in [1.29, 1.82) is 0 Å². The van der Waals surface area contributed by atoms with E-state index in [1.165, 1.54) is 42.2 Å². The molecular weight excluding hydrogens is 258 g/mol. The highest BCUT2D eigenvalue weighted by Crippen LogP contribution is 2.38. The van der Waals surface area contributed by atoms with E-state index >= 15 is 0 Å². The van der Waals surface area contributed by atoms with Crippen molar-refractivity contribution in [3.8, 4) is 0 Å². The lowest BCUT2D eigenvalue weighted by atomic mass is 10.0. The highest BCUT2D eigenvalue weighted by Gasteiger charge is 2.22. The molecule has 0 aromatic heterocycles. The van der Waals surface area contributed by atoms with Crippen molar-refractivity contribution in [2.45, 2.75) is 35.3 Å². The van der Waals surface area contributed by atoms with Gasteiger partial charge in [-0.25, -0.2) is 0 Å². The van der Waals surface area contributed by atoms with E-state index in [4.69, 9.17) is 0 Å². The number of hydrogen-bond acceptors (Lipinski definition) is 3. The van der Waals surface area contributed by atoms with Gasteiger partial charge in [-0.3, -0.25) is 0 Å². The third kappa shape index (κ3) is 3.06. The van der Waals surface area contributed by atoms with Crippen LogP contribution in [-0.4, -0.2) is 29.8 Å². The minimum atomic E-state index is 0.722. The maximum Gasteiger partial charge on any atom is 0.0172 e. The zero-order valence-corrected chi connectivity index (χ0v) is 12.4. The first kappa shape index (κ1) is 12.9. The smallest absolute Gasteiger partial charge is 0.0172 e. The molecule has 0 radical (unpaired) electrons. The first-order valence-corrected chi connectivity index (χ1v) is 9.01. The predicted octanol–water partition coefficient (Wildman–Crippen LogP) is 3.75. The normalized spacial score (nSPS) is 27.1. The predicted molar refractivity (Wildman–Crippen MR) is 82.9 cm³/mol. The van der Waals surface area contributed by atoms with Gasteiger partial charge < -0.3 is 5.32 Å². The topological polar surface area (TPSA) is 12.0 Å². The minimum Gasteiger partial charge on any atom is -0.315 e. The Morgan fingerprint density at radius 3 is 3.00 bits per heavy atom. The van der Waals surface area contributed by atoms with E-state index in [1.54, 1.807) is 5.56 Å². The number of thioether (sulfide) groups is 2. The molecule has 1 aromatic rings. The first-order valence-electron chi connectivity index (χ1n) is 6.97. The van der Waals surface area contributed by atoms with Crippen LogP contribution < -0.4 is 5.32 Å². The number of hydrogen-bond donors (Lipinski definition) is 1. The molecule has 0 saturated carbocycles. The summed E-state index contributed by atoms with van der Waals surface area (Å²) in [7, 11) is 0. The molecule has 2 heterocycles. The van der Waals surface area contributed by atoms with E-state index in [2.05, 4.69) is 41.3 Å². The van der Waals surface area contributed by atoms with Crippen LogP contribution in [0.25, 0.3) is 0 Å². The molecule has 1 N–H and O–H groups in total. The summed E-state index contributed by atoms with van der Waals surface area (Å²) in [4.78, 5) is 1.50. The van der Waals surface area contributed by atoms with Gasteiger partial charge in [0.1, 0.15) is 0 Å². The Morgan fingerprint density at radius 2 is 2.11 bits per heavy atom. The number of benzene rings is 1. The van der Waals surface area contributed by atoms with E-state index in [-0.39, 0.29) is 0 Å². The van der Waals surface area contributed by atoms with Crippen molar-refractivity contribution in [1.82, 2.24) is 5.32 Å². The Balaban J connectivity index is 1.47. The lowest BCUT2D eigenvalue weighted by Gasteiger charge is -2.22. The second-order valence-corrected chi connectivity index (χ2v) is 7.66. The Morgan fingerprint density at radius 1 is 1.17 bits per heavy atom. The SMILES string of the molecule is c1ccc2c(c1)SCC2CNCC1CCCCS1. The molecule has 1 aromatic carbocycles. The summed E-state index contributed by atoms with van der Waals surface area (Å²) in [5.74, 6) is 3.35. The number of nitrogens with one attached hydrogen (secondary N) is 1. The van der Waals surface area contributed by atoms with Crippen LogP contribution in [0.2, 0.25) is 0 Å². The molecular formula is C15H21NS2. The summed E-state index contributed by atoms with van der Waals surface area (Å²) < 4.78 is 0. The van der Waals surface area contributed by atoms with Gasteiger partial charge in [-0.05, 0) is 30.2 Å². The van der Waals surface area contributed by atoms with Crippen LogP contribution in [0.3, 0.4) is 0 Å². The van der Waals surface area contributed by atoms with Crippen LogP contribution in [0, 0.1) is 0 Å². The fourth-order valence-electron chi connectivity index (χ4n) is 2.79. The molecule has 0 aliphatic carbocycles. The largest absolute Gasteiger partial charge is 0.315 e. The molecule has 2 atom stereocenters. The van der Waals surface area contributed by atoms with Crippen molar-refractivity contribution in [3.63, 3.8) is 0 Å². The summed E-state index contributed by atoms with van der Waals surface area (Å²) >= 11 is 4.18. The third-order valence-corrected chi connectivity index (χ3v) is 6.49. The lowest BCUT2D eigenvalue weighted by Crippen LogP contribution is -2.30. The monoisotopic (exact) mass is 279 g/mol. The van der Waals surface area contributed by atoms with E-state index in [9.17, 15) is 0 Å². The molecule has 3 heteroatoms. The van der Waals surface area contributed by atoms with E-state index in [1.807, 2.05) is 11.8 Å². The molecule has 1 fully saturated rings. The fourth-order valence-corrected chi connectivity index (χ4v) is 5.31. The molecule has 18 heavy (non-hydrogen) atoms. The quantitative estimate of drug-likeness (QED) is 0.901. The highest BCUT2D eigenvalue weighted by atomic mass is 32.2. The van der Waals surface area contributed by atoms with Crippen LogP contribution >= 0.6 is 23.5 Å². The summed E-state index contributed by atoms with van der Waals surface area (Å²) in [5.41, 5.74) is 1.56. The molecule has 2 unspecified atom stereocenters. The number of fused-ring (bicyclic) bond motifs is 1. The van der Waals surface area contributed by atoms with Crippen LogP contribution in [0.15, 0.2) is 29.2 Å². The third-order valence-electron chi connectivity index (χ3n) is 3.84. The Hall–Kier alpha value is -0.120. The minimum absolute atomic E-state index is 0.722. The van der Waals surface area contributed by atoms with Gasteiger partial charge in [0.15, 0.2) is 0 Å². The molecule has 98 valence electrons. The van der Waals surface area contributed by atoms with Gasteiger partial charge in [0, 0.05) is 34.9 Å². The first-order chi connectivity index (χ1) is 8.93. The molecule has 0 amide bonds. The van der Waals surface area contributed by atoms with Crippen molar-refractivity contribution < 1.29 is 0 Å². The van der Waals surface area contributed by atoms with Gasteiger partial charge >= 0.3 is 0 Å². The van der Waals surface area contributed by atoms with E-state index in [0.29, 0.717) is 0 Å². The maximum atomic E-state index is 3.70. The second kappa shape index (κ2) is 6.36. The van der Waals surface area contributed by atoms with Gasteiger partial charge in [0.25, 0.3) is 0 Å². The summed E-state index contributed by atoms with van der Waals surface area (Å²) in [6.45, 7) is 2.36. The molecule has 2 aliphatic rings. The molecule has 1 saturated heterocycles. The second-order valence-electron chi connectivity index (χ2n) is 5.19. The fraction of sp³-hybridized carbons (Fsp3) is 0.600. The Labute approximate surface area is 119 Å². The van der Waals surface area contributed by atoms with Crippen LogP contribution in [0.5, 0.6) is 0 Å². The van der Waals surface area contributed by atoms with Crippen LogP contribution in [0.4, 0.5) is 0 Å². The van der Waals surface area contributed by atoms with Crippen molar-refractivity contribution >= 4 is 23.5 Å². The summed E-state index contributed by atoms with van der Waals surface area (Å²) in [6, 6.07) is 8.89. The van der Waals surface area contributed by atoms with Crippen molar-refractivity contribution in [2.24, 2.45) is 0 Å². The molecule has 0 spiro atoms. The zero-order valence-electron chi connectivity index (χ0n) is 10.7. The average molecular weight is 279 g/mol. The Kier molecular flexibility index (Phi) is 4.55. The van der Waals surface area contributed by atoms with Crippen LogP contribution in [-0.2, 0) is 0 Å². The summed E-state index contributed by atoms with van der Waals surface area (Å²) in [5, 5.41) is 4.57. The molecule has 0 bridgehead atoms. The van der Waals surface area contributed by atoms with Gasteiger partial charge in [0.05, 0.1) is 0 Å². The van der Waals surface area contributed by atoms with Gasteiger partial charge in [-0.2, -0.15) is 11.8 Å². The van der Waals surface area contributed by atoms with Crippen molar-refractivity contribution in [2.75, 3.05) is 24.6 Å². The maximum absolute atomic E-state index is 3.70. The number of rotatable bonds is 4. The van der Waals surface area contributed by atoms with Gasteiger partial charge in [0.2, 0.25) is 0 Å². The molecule has 2 aliphatic heterocycles. The van der Waals surface area contributed by atoms with Crippen LogP contribution in [0.1, 0.15) is 30.7 Å². The average Bonchev–Trinajstić information content (AvgIpc) is 2.84. The summed E-state index contributed by atoms with van der Waals surface area (Å²) in [6.07, 6.45) is 4.27. The molecule has 1 nitrogen and oxygen atoms in total. The van der Waals surface area contributed by atoms with E-state index in [0.717, 1.165) is 17.7 Å².